The minimum atomic E-state index is 0.595. The van der Waals surface area contributed by atoms with Crippen molar-refractivity contribution in [3.63, 3.8) is 0 Å². The normalized spacial score (nSPS) is 21.7. The first kappa shape index (κ1) is 15.7. The summed E-state index contributed by atoms with van der Waals surface area (Å²) in [6, 6.07) is 8.39. The quantitative estimate of drug-likeness (QED) is 0.612. The summed E-state index contributed by atoms with van der Waals surface area (Å²) in [5.41, 5.74) is 0. The second-order valence-electron chi connectivity index (χ2n) is 6.79. The van der Waals surface area contributed by atoms with E-state index in [1.54, 1.807) is 6.20 Å². The molecule has 3 nitrogen and oxygen atoms in total. The van der Waals surface area contributed by atoms with Crippen LogP contribution in [0.15, 0.2) is 35.4 Å². The monoisotopic (exact) mass is 347 g/mol. The summed E-state index contributed by atoms with van der Waals surface area (Å²) in [6.45, 7) is 4.97. The Kier molecular flexibility index (Phi) is 4.50. The third kappa shape index (κ3) is 3.22. The van der Waals surface area contributed by atoms with E-state index in [-0.39, 0.29) is 0 Å². The maximum atomic E-state index is 6.22. The number of nitrogens with zero attached hydrogens (tertiary/aromatic N) is 3. The highest BCUT2D eigenvalue weighted by Gasteiger charge is 2.33. The average Bonchev–Trinajstić information content (AvgIpc) is 2.54. The Hall–Kier alpha value is -0.810. The Morgan fingerprint density at radius 1 is 1.09 bits per heavy atom. The zero-order chi connectivity index (χ0) is 15.8. The van der Waals surface area contributed by atoms with Crippen molar-refractivity contribution in [2.75, 3.05) is 33.2 Å². The van der Waals surface area contributed by atoms with Gasteiger partial charge in [0.25, 0.3) is 0 Å². The van der Waals surface area contributed by atoms with Crippen LogP contribution in [0.3, 0.4) is 0 Å². The van der Waals surface area contributed by atoms with Crippen LogP contribution in [-0.2, 0) is 0 Å². The summed E-state index contributed by atoms with van der Waals surface area (Å²) in [5, 5.41) is 2.85. The van der Waals surface area contributed by atoms with Crippen LogP contribution in [-0.4, -0.2) is 47.4 Å². The molecule has 3 heterocycles. The van der Waals surface area contributed by atoms with Crippen molar-refractivity contribution in [3.8, 4) is 0 Å². The molecule has 0 spiro atoms. The summed E-state index contributed by atoms with van der Waals surface area (Å²) < 4.78 is 2.52. The van der Waals surface area contributed by atoms with Crippen molar-refractivity contribution in [1.82, 2.24) is 14.2 Å². The van der Waals surface area contributed by atoms with Gasteiger partial charge in [-0.25, -0.2) is 9.29 Å². The van der Waals surface area contributed by atoms with Gasteiger partial charge in [0.1, 0.15) is 5.15 Å². The third-order valence-corrected chi connectivity index (χ3v) is 6.68. The molecule has 4 rings (SSSR count). The van der Waals surface area contributed by atoms with Gasteiger partial charge in [0, 0.05) is 48.0 Å². The molecule has 122 valence electrons. The molecule has 2 aliphatic rings. The topological polar surface area (TPSA) is 19.4 Å². The lowest BCUT2D eigenvalue weighted by Crippen LogP contribution is -2.49. The second kappa shape index (κ2) is 6.60. The predicted molar refractivity (Wildman–Crippen MR) is 97.9 cm³/mol. The number of likely N-dealkylation sites (tertiary alicyclic amines) is 1. The fraction of sp³-hybridized carbons (Fsp3) is 0.500. The van der Waals surface area contributed by atoms with Crippen molar-refractivity contribution in [1.29, 1.82) is 0 Å². The largest absolute Gasteiger partial charge is 0.306 e. The highest BCUT2D eigenvalue weighted by molar-refractivity contribution is 7.97. The molecular weight excluding hydrogens is 326 g/mol. The second-order valence-corrected chi connectivity index (χ2v) is 8.29. The van der Waals surface area contributed by atoms with E-state index < -0.39 is 0 Å². The smallest absolute Gasteiger partial charge is 0.136 e. The molecule has 0 bridgehead atoms. The van der Waals surface area contributed by atoms with Crippen LogP contribution in [0.1, 0.15) is 12.8 Å². The molecule has 5 heteroatoms. The number of hydrogen-bond donors (Lipinski definition) is 0. The van der Waals surface area contributed by atoms with Gasteiger partial charge in [-0.05, 0) is 55.8 Å². The molecule has 0 radical (unpaired) electrons. The van der Waals surface area contributed by atoms with Crippen molar-refractivity contribution >= 4 is 34.3 Å². The zero-order valence-corrected chi connectivity index (χ0v) is 15.0. The van der Waals surface area contributed by atoms with Crippen LogP contribution in [0, 0.1) is 11.8 Å². The van der Waals surface area contributed by atoms with Gasteiger partial charge in [0.2, 0.25) is 0 Å². The highest BCUT2D eigenvalue weighted by Crippen LogP contribution is 2.37. The van der Waals surface area contributed by atoms with E-state index in [4.69, 9.17) is 11.6 Å². The molecular formula is C18H22ClN3S. The minimum absolute atomic E-state index is 0.595. The Bertz CT molecular complexity index is 694. The molecule has 0 aliphatic carbocycles. The van der Waals surface area contributed by atoms with E-state index in [2.05, 4.69) is 39.4 Å². The number of pyridine rings is 1. The van der Waals surface area contributed by atoms with Crippen molar-refractivity contribution < 1.29 is 0 Å². The van der Waals surface area contributed by atoms with Crippen LogP contribution in [0.4, 0.5) is 0 Å². The van der Waals surface area contributed by atoms with Gasteiger partial charge in [-0.1, -0.05) is 23.7 Å². The summed E-state index contributed by atoms with van der Waals surface area (Å²) in [5.74, 6) is 1.86. The fourth-order valence-electron chi connectivity index (χ4n) is 3.85. The Balaban J connectivity index is 1.43. The molecule has 0 unspecified atom stereocenters. The lowest BCUT2D eigenvalue weighted by molar-refractivity contribution is 0.0601. The lowest BCUT2D eigenvalue weighted by Gasteiger charge is -2.44. The fourth-order valence-corrected chi connectivity index (χ4v) is 5.15. The van der Waals surface area contributed by atoms with Gasteiger partial charge in [-0.2, -0.15) is 0 Å². The highest BCUT2D eigenvalue weighted by atomic mass is 35.5. The molecule has 2 aliphatic heterocycles. The molecule has 1 aromatic heterocycles. The lowest BCUT2D eigenvalue weighted by atomic mass is 9.80. The van der Waals surface area contributed by atoms with Crippen molar-refractivity contribution in [2.45, 2.75) is 17.7 Å². The number of hydrogen-bond acceptors (Lipinski definition) is 4. The molecule has 2 aromatic rings. The van der Waals surface area contributed by atoms with Gasteiger partial charge in [0.05, 0.1) is 0 Å². The van der Waals surface area contributed by atoms with E-state index >= 15 is 0 Å². The van der Waals surface area contributed by atoms with Gasteiger partial charge >= 0.3 is 0 Å². The maximum absolute atomic E-state index is 6.22. The number of aromatic nitrogens is 1. The summed E-state index contributed by atoms with van der Waals surface area (Å²) in [7, 11) is 2.22. The van der Waals surface area contributed by atoms with Crippen LogP contribution in [0.5, 0.6) is 0 Å². The first-order chi connectivity index (χ1) is 11.2. The molecule has 2 fully saturated rings. The Labute approximate surface area is 147 Å². The molecule has 0 amide bonds. The molecule has 23 heavy (non-hydrogen) atoms. The number of benzene rings is 1. The zero-order valence-electron chi connectivity index (χ0n) is 13.4. The predicted octanol–water partition coefficient (Wildman–Crippen LogP) is 4.17. The first-order valence-electron chi connectivity index (χ1n) is 8.35. The van der Waals surface area contributed by atoms with Crippen molar-refractivity contribution in [3.05, 3.63) is 35.6 Å². The first-order valence-corrected chi connectivity index (χ1v) is 9.50. The van der Waals surface area contributed by atoms with Gasteiger partial charge in [-0.15, -0.1) is 0 Å². The van der Waals surface area contributed by atoms with E-state index in [0.717, 1.165) is 17.2 Å². The molecule has 1 aromatic carbocycles. The minimum Gasteiger partial charge on any atom is -0.306 e. The third-order valence-electron chi connectivity index (χ3n) is 5.20. The van der Waals surface area contributed by atoms with Gasteiger partial charge < -0.3 is 4.90 Å². The standard InChI is InChI=1S/C18H22ClN3S/c1-21-11-14(12-21)13-6-9-22(10-7-13)23-17-4-2-3-16-15(17)5-8-20-18(16)19/h2-5,8,13-14H,6-7,9-12H2,1H3. The molecule has 0 N–H and O–H groups in total. The van der Waals surface area contributed by atoms with Crippen LogP contribution in [0.25, 0.3) is 10.8 Å². The maximum Gasteiger partial charge on any atom is 0.136 e. The van der Waals surface area contributed by atoms with E-state index in [1.165, 1.54) is 49.3 Å². The van der Waals surface area contributed by atoms with Crippen LogP contribution >= 0.6 is 23.5 Å². The van der Waals surface area contributed by atoms with Gasteiger partial charge in [0.15, 0.2) is 0 Å². The van der Waals surface area contributed by atoms with E-state index in [1.807, 2.05) is 18.0 Å². The number of rotatable bonds is 3. The van der Waals surface area contributed by atoms with Crippen LogP contribution in [0.2, 0.25) is 5.15 Å². The molecule has 0 saturated carbocycles. The molecule has 0 atom stereocenters. The average molecular weight is 348 g/mol. The van der Waals surface area contributed by atoms with Gasteiger partial charge in [-0.3, -0.25) is 0 Å². The van der Waals surface area contributed by atoms with E-state index in [9.17, 15) is 0 Å². The SMILES string of the molecule is CN1CC(C2CCN(Sc3cccc4c(Cl)nccc34)CC2)C1. The number of fused-ring (bicyclic) bond motifs is 1. The number of halogens is 1. The van der Waals surface area contributed by atoms with Crippen LogP contribution < -0.4 is 0 Å². The molecule has 2 saturated heterocycles. The summed E-state index contributed by atoms with van der Waals surface area (Å²) >= 11 is 8.10. The Morgan fingerprint density at radius 3 is 2.61 bits per heavy atom. The summed E-state index contributed by atoms with van der Waals surface area (Å²) in [6.07, 6.45) is 4.46. The number of piperidine rings is 1. The van der Waals surface area contributed by atoms with E-state index in [0.29, 0.717) is 5.15 Å². The van der Waals surface area contributed by atoms with Crippen molar-refractivity contribution in [2.24, 2.45) is 11.8 Å². The Morgan fingerprint density at radius 2 is 1.87 bits per heavy atom. The summed E-state index contributed by atoms with van der Waals surface area (Å²) in [4.78, 5) is 7.90.